The van der Waals surface area contributed by atoms with Gasteiger partial charge in [-0.1, -0.05) is 91.0 Å². The molecule has 9 nitrogen and oxygen atoms in total. The van der Waals surface area contributed by atoms with Crippen molar-refractivity contribution < 1.29 is 38.7 Å². The van der Waals surface area contributed by atoms with Crippen LogP contribution in [0.25, 0.3) is 0 Å². The van der Waals surface area contributed by atoms with Gasteiger partial charge in [-0.2, -0.15) is 0 Å². The molecule has 0 aliphatic carbocycles. The summed E-state index contributed by atoms with van der Waals surface area (Å²) >= 11 is 0. The maximum Gasteiger partial charge on any atom is 0.303 e. The van der Waals surface area contributed by atoms with Crippen molar-refractivity contribution in [3.05, 3.63) is 108 Å². The van der Waals surface area contributed by atoms with Gasteiger partial charge < -0.3 is 34.1 Å². The molecule has 3 aromatic carbocycles. The Morgan fingerprint density at radius 2 is 1.21 bits per heavy atom. The predicted octanol–water partition coefficient (Wildman–Crippen LogP) is 3.01. The van der Waals surface area contributed by atoms with Gasteiger partial charge >= 0.3 is 5.97 Å². The summed E-state index contributed by atoms with van der Waals surface area (Å²) < 4.78 is 25.1. The molecule has 3 aromatic rings. The SMILES string of the molecule is CC(=O)O[C@@H]1[C@@H](O)[C@@H](O)CC(=O)N2C[C@@H](OCc3ccccc3)[C@H](OCc3ccccc3)[C@@H](OCc3ccccc3)[C@H]12. The Hall–Kier alpha value is -3.60. The molecule has 0 unspecified atom stereocenters. The van der Waals surface area contributed by atoms with Gasteiger partial charge in [-0.3, -0.25) is 9.59 Å². The predicted molar refractivity (Wildman–Crippen MR) is 153 cm³/mol. The van der Waals surface area contributed by atoms with Crippen LogP contribution in [0.15, 0.2) is 91.0 Å². The highest BCUT2D eigenvalue weighted by Crippen LogP contribution is 2.35. The highest BCUT2D eigenvalue weighted by Gasteiger charge is 2.56. The zero-order valence-electron chi connectivity index (χ0n) is 23.5. The molecule has 0 saturated carbocycles. The van der Waals surface area contributed by atoms with Gasteiger partial charge in [0.15, 0.2) is 6.10 Å². The lowest BCUT2D eigenvalue weighted by atomic mass is 9.87. The zero-order valence-corrected chi connectivity index (χ0v) is 23.5. The average molecular weight is 576 g/mol. The van der Waals surface area contributed by atoms with Crippen LogP contribution in [0.1, 0.15) is 30.0 Å². The van der Waals surface area contributed by atoms with Crippen LogP contribution in [0, 0.1) is 0 Å². The van der Waals surface area contributed by atoms with Gasteiger partial charge in [0, 0.05) is 6.92 Å². The van der Waals surface area contributed by atoms with Crippen molar-refractivity contribution in [2.75, 3.05) is 6.54 Å². The van der Waals surface area contributed by atoms with Crippen LogP contribution in [0.5, 0.6) is 0 Å². The van der Waals surface area contributed by atoms with Crippen molar-refractivity contribution in [1.82, 2.24) is 4.90 Å². The second-order valence-electron chi connectivity index (χ2n) is 10.7. The Labute approximate surface area is 245 Å². The zero-order chi connectivity index (χ0) is 29.5. The summed E-state index contributed by atoms with van der Waals surface area (Å²) in [5, 5.41) is 21.8. The summed E-state index contributed by atoms with van der Waals surface area (Å²) in [6, 6.07) is 28.0. The molecule has 0 bridgehead atoms. The monoisotopic (exact) mass is 575 g/mol. The smallest absolute Gasteiger partial charge is 0.303 e. The third-order valence-corrected chi connectivity index (χ3v) is 7.71. The van der Waals surface area contributed by atoms with E-state index in [0.29, 0.717) is 0 Å². The molecule has 0 aromatic heterocycles. The van der Waals surface area contributed by atoms with Crippen LogP contribution in [0.4, 0.5) is 0 Å². The summed E-state index contributed by atoms with van der Waals surface area (Å²) in [7, 11) is 0. The number of aliphatic hydroxyl groups excluding tert-OH is 2. The maximum absolute atomic E-state index is 13.5. The van der Waals surface area contributed by atoms with Crippen LogP contribution in [-0.2, 0) is 48.4 Å². The maximum atomic E-state index is 13.5. The van der Waals surface area contributed by atoms with Crippen molar-refractivity contribution >= 4 is 11.9 Å². The first kappa shape index (κ1) is 29.9. The van der Waals surface area contributed by atoms with Crippen molar-refractivity contribution in [2.24, 2.45) is 0 Å². The summed E-state index contributed by atoms with van der Waals surface area (Å²) in [6.07, 6.45) is -6.73. The summed E-state index contributed by atoms with van der Waals surface area (Å²) in [5.41, 5.74) is 2.78. The van der Waals surface area contributed by atoms with E-state index < -0.39 is 54.5 Å². The van der Waals surface area contributed by atoms with Crippen LogP contribution in [0.3, 0.4) is 0 Å². The van der Waals surface area contributed by atoms with E-state index in [2.05, 4.69) is 0 Å². The molecule has 222 valence electrons. The van der Waals surface area contributed by atoms with Gasteiger partial charge in [0.25, 0.3) is 0 Å². The highest BCUT2D eigenvalue weighted by atomic mass is 16.6. The summed E-state index contributed by atoms with van der Waals surface area (Å²) in [4.78, 5) is 27.3. The number of piperidine rings is 1. The quantitative estimate of drug-likeness (QED) is 0.355. The minimum Gasteiger partial charge on any atom is -0.457 e. The third kappa shape index (κ3) is 7.24. The summed E-state index contributed by atoms with van der Waals surface area (Å²) in [5.74, 6) is -1.05. The molecular formula is C33H37NO8. The van der Waals surface area contributed by atoms with Crippen LogP contribution >= 0.6 is 0 Å². The largest absolute Gasteiger partial charge is 0.457 e. The van der Waals surface area contributed by atoms with E-state index in [1.807, 2.05) is 91.0 Å². The topological polar surface area (TPSA) is 115 Å². The number of hydrogen-bond acceptors (Lipinski definition) is 8. The molecule has 42 heavy (non-hydrogen) atoms. The number of aliphatic hydroxyl groups is 2. The molecule has 2 N–H and O–H groups in total. The molecule has 1 amide bonds. The van der Waals surface area contributed by atoms with Gasteiger partial charge in [-0.25, -0.2) is 0 Å². The Kier molecular flexibility index (Phi) is 9.99. The van der Waals surface area contributed by atoms with E-state index in [4.69, 9.17) is 18.9 Å². The van der Waals surface area contributed by atoms with E-state index in [1.165, 1.54) is 11.8 Å². The van der Waals surface area contributed by atoms with Crippen molar-refractivity contribution in [3.8, 4) is 0 Å². The fraction of sp³-hybridized carbons (Fsp3) is 0.394. The Morgan fingerprint density at radius 1 is 0.738 bits per heavy atom. The molecule has 7 atom stereocenters. The van der Waals surface area contributed by atoms with Gasteiger partial charge in [-0.05, 0) is 16.7 Å². The van der Waals surface area contributed by atoms with Gasteiger partial charge in [0.2, 0.25) is 5.91 Å². The number of rotatable bonds is 10. The number of benzene rings is 3. The summed E-state index contributed by atoms with van der Waals surface area (Å²) in [6.45, 7) is 2.01. The molecule has 5 rings (SSSR count). The molecule has 2 heterocycles. The molecule has 2 aliphatic heterocycles. The highest BCUT2D eigenvalue weighted by molar-refractivity contribution is 5.78. The normalized spacial score (nSPS) is 27.6. The van der Waals surface area contributed by atoms with E-state index >= 15 is 0 Å². The number of fused-ring (bicyclic) bond motifs is 1. The number of ether oxygens (including phenoxy) is 4. The lowest BCUT2D eigenvalue weighted by Gasteiger charge is -2.50. The number of carbonyl (C=O) groups excluding carboxylic acids is 2. The minimum atomic E-state index is -1.51. The molecule has 2 saturated heterocycles. The number of carbonyl (C=O) groups is 2. The first-order valence-corrected chi connectivity index (χ1v) is 14.2. The lowest BCUT2D eigenvalue weighted by molar-refractivity contribution is -0.225. The molecule has 9 heteroatoms. The molecule has 0 spiro atoms. The first-order valence-electron chi connectivity index (χ1n) is 14.2. The number of esters is 1. The molecular weight excluding hydrogens is 538 g/mol. The average Bonchev–Trinajstić information content (AvgIpc) is 3.09. The molecule has 0 radical (unpaired) electrons. The molecule has 2 fully saturated rings. The van der Waals surface area contributed by atoms with E-state index in [9.17, 15) is 19.8 Å². The first-order chi connectivity index (χ1) is 20.4. The Bertz CT molecular complexity index is 1290. The van der Waals surface area contributed by atoms with E-state index in [1.54, 1.807) is 0 Å². The van der Waals surface area contributed by atoms with Crippen LogP contribution in [0.2, 0.25) is 0 Å². The number of amides is 1. The van der Waals surface area contributed by atoms with Crippen molar-refractivity contribution in [1.29, 1.82) is 0 Å². The minimum absolute atomic E-state index is 0.0954. The fourth-order valence-electron chi connectivity index (χ4n) is 5.66. The second-order valence-corrected chi connectivity index (χ2v) is 10.7. The standard InChI is InChI=1S/C33H37NO8/c1-22(35)42-32-29-33(41-21-25-15-9-4-10-16-25)31(40-20-24-13-7-3-8-14-24)27(39-19-23-11-5-2-6-12-23)18-34(29)28(37)17-26(36)30(32)38/h2-16,26-27,29-33,36,38H,17-21H2,1H3/t26-,27+,29-,30-,31-,32-,33-/m0/s1. The fourth-order valence-corrected chi connectivity index (χ4v) is 5.66. The Balaban J connectivity index is 1.53. The van der Waals surface area contributed by atoms with E-state index in [0.717, 1.165) is 16.7 Å². The number of hydrogen-bond donors (Lipinski definition) is 2. The Morgan fingerprint density at radius 3 is 1.71 bits per heavy atom. The van der Waals surface area contributed by atoms with E-state index in [-0.39, 0.29) is 32.8 Å². The van der Waals surface area contributed by atoms with Crippen molar-refractivity contribution in [3.63, 3.8) is 0 Å². The van der Waals surface area contributed by atoms with Gasteiger partial charge in [0.1, 0.15) is 30.5 Å². The third-order valence-electron chi connectivity index (χ3n) is 7.71. The van der Waals surface area contributed by atoms with Crippen LogP contribution < -0.4 is 0 Å². The van der Waals surface area contributed by atoms with Crippen LogP contribution in [-0.4, -0.2) is 76.2 Å². The van der Waals surface area contributed by atoms with Gasteiger partial charge in [-0.15, -0.1) is 0 Å². The lowest BCUT2D eigenvalue weighted by Crippen LogP contribution is -2.68. The second kappa shape index (κ2) is 14.0. The van der Waals surface area contributed by atoms with Crippen molar-refractivity contribution in [2.45, 2.75) is 75.8 Å². The van der Waals surface area contributed by atoms with Gasteiger partial charge in [0.05, 0.1) is 38.9 Å². The molecule has 2 aliphatic rings. The number of nitrogens with zero attached hydrogens (tertiary/aromatic N) is 1.